The predicted octanol–water partition coefficient (Wildman–Crippen LogP) is 2.25. The van der Waals surface area contributed by atoms with Crippen LogP contribution < -0.4 is 15.4 Å². The Morgan fingerprint density at radius 3 is 2.45 bits per heavy atom. The average Bonchev–Trinajstić information content (AvgIpc) is 2.76. The zero-order valence-electron chi connectivity index (χ0n) is 16.9. The molecule has 0 radical (unpaired) electrons. The van der Waals surface area contributed by atoms with E-state index in [0.717, 1.165) is 43.7 Å². The number of methoxy groups -OCH3 is 1. The van der Waals surface area contributed by atoms with Crippen molar-refractivity contribution in [3.05, 3.63) is 65.7 Å². The molecular weight excluding hydrogens is 366 g/mol. The van der Waals surface area contributed by atoms with Crippen LogP contribution in [0.25, 0.3) is 0 Å². The molecule has 2 N–H and O–H groups in total. The summed E-state index contributed by atoms with van der Waals surface area (Å²) >= 11 is 0. The second-order valence-electron chi connectivity index (χ2n) is 7.30. The quantitative estimate of drug-likeness (QED) is 0.719. The molecule has 0 bridgehead atoms. The van der Waals surface area contributed by atoms with Gasteiger partial charge in [0.15, 0.2) is 0 Å². The number of amides is 2. The minimum Gasteiger partial charge on any atom is -0.496 e. The standard InChI is InChI=1S/C23H29N3O3/c1-29-21-10-6-5-7-18(21)11-14-24-22(27)17-26-15-12-20(13-16-26)25-23(28)19-8-3-2-4-9-19/h2-10,20H,11-17H2,1H3,(H,24,27)(H,25,28). The molecule has 6 nitrogen and oxygen atoms in total. The van der Waals surface area contributed by atoms with Crippen LogP contribution in [-0.2, 0) is 11.2 Å². The summed E-state index contributed by atoms with van der Waals surface area (Å²) in [5.41, 5.74) is 1.77. The zero-order chi connectivity index (χ0) is 20.5. The molecule has 2 aromatic rings. The highest BCUT2D eigenvalue weighted by atomic mass is 16.5. The molecule has 29 heavy (non-hydrogen) atoms. The fourth-order valence-corrected chi connectivity index (χ4v) is 3.60. The lowest BCUT2D eigenvalue weighted by atomic mass is 10.0. The summed E-state index contributed by atoms with van der Waals surface area (Å²) < 4.78 is 5.34. The fourth-order valence-electron chi connectivity index (χ4n) is 3.60. The van der Waals surface area contributed by atoms with Gasteiger partial charge in [0.25, 0.3) is 5.91 Å². The number of likely N-dealkylation sites (tertiary alicyclic amines) is 1. The van der Waals surface area contributed by atoms with Crippen LogP contribution in [0.5, 0.6) is 5.75 Å². The molecule has 1 aliphatic heterocycles. The van der Waals surface area contributed by atoms with E-state index in [4.69, 9.17) is 4.74 Å². The van der Waals surface area contributed by atoms with Crippen LogP contribution in [0.4, 0.5) is 0 Å². The number of piperidine rings is 1. The van der Waals surface area contributed by atoms with E-state index >= 15 is 0 Å². The molecule has 0 unspecified atom stereocenters. The lowest BCUT2D eigenvalue weighted by Crippen LogP contribution is -2.47. The molecule has 0 aliphatic carbocycles. The van der Waals surface area contributed by atoms with E-state index < -0.39 is 0 Å². The number of ether oxygens (including phenoxy) is 1. The first kappa shape index (κ1) is 20.9. The number of carbonyl (C=O) groups excluding carboxylic acids is 2. The van der Waals surface area contributed by atoms with Gasteiger partial charge in [0.1, 0.15) is 5.75 Å². The summed E-state index contributed by atoms with van der Waals surface area (Å²) in [5, 5.41) is 6.08. The van der Waals surface area contributed by atoms with Crippen molar-refractivity contribution in [2.75, 3.05) is 33.3 Å². The van der Waals surface area contributed by atoms with Crippen molar-refractivity contribution < 1.29 is 14.3 Å². The van der Waals surface area contributed by atoms with Gasteiger partial charge in [-0.3, -0.25) is 14.5 Å². The monoisotopic (exact) mass is 395 g/mol. The minimum atomic E-state index is -0.0295. The smallest absolute Gasteiger partial charge is 0.251 e. The van der Waals surface area contributed by atoms with E-state index in [1.807, 2.05) is 54.6 Å². The van der Waals surface area contributed by atoms with E-state index in [1.165, 1.54) is 0 Å². The van der Waals surface area contributed by atoms with Gasteiger partial charge in [-0.25, -0.2) is 0 Å². The second-order valence-corrected chi connectivity index (χ2v) is 7.30. The summed E-state index contributed by atoms with van der Waals surface area (Å²) in [6.45, 7) is 2.59. The Labute approximate surface area is 172 Å². The van der Waals surface area contributed by atoms with Gasteiger partial charge in [-0.2, -0.15) is 0 Å². The van der Waals surface area contributed by atoms with Crippen molar-refractivity contribution >= 4 is 11.8 Å². The summed E-state index contributed by atoms with van der Waals surface area (Å²) in [6, 6.07) is 17.3. The largest absolute Gasteiger partial charge is 0.496 e. The highest BCUT2D eigenvalue weighted by molar-refractivity contribution is 5.94. The third kappa shape index (κ3) is 6.32. The zero-order valence-corrected chi connectivity index (χ0v) is 16.9. The molecule has 2 aromatic carbocycles. The lowest BCUT2D eigenvalue weighted by Gasteiger charge is -2.31. The van der Waals surface area contributed by atoms with Crippen LogP contribution >= 0.6 is 0 Å². The maximum absolute atomic E-state index is 12.3. The summed E-state index contributed by atoms with van der Waals surface area (Å²) in [7, 11) is 1.66. The number of benzene rings is 2. The molecule has 1 saturated heterocycles. The molecule has 154 valence electrons. The molecule has 1 aliphatic rings. The van der Waals surface area contributed by atoms with E-state index in [9.17, 15) is 9.59 Å². The van der Waals surface area contributed by atoms with Crippen LogP contribution in [0.3, 0.4) is 0 Å². The Morgan fingerprint density at radius 2 is 1.72 bits per heavy atom. The first-order chi connectivity index (χ1) is 14.2. The van der Waals surface area contributed by atoms with Gasteiger partial charge >= 0.3 is 0 Å². The Kier molecular flexibility index (Phi) is 7.64. The normalized spacial score (nSPS) is 14.9. The summed E-state index contributed by atoms with van der Waals surface area (Å²) in [6.07, 6.45) is 2.45. The van der Waals surface area contributed by atoms with Crippen molar-refractivity contribution in [3.8, 4) is 5.75 Å². The SMILES string of the molecule is COc1ccccc1CCNC(=O)CN1CCC(NC(=O)c2ccccc2)CC1. The first-order valence-corrected chi connectivity index (χ1v) is 10.1. The van der Waals surface area contributed by atoms with Crippen LogP contribution in [0, 0.1) is 0 Å². The molecule has 2 amide bonds. The molecule has 0 atom stereocenters. The number of hydrogen-bond acceptors (Lipinski definition) is 4. The van der Waals surface area contributed by atoms with E-state index in [2.05, 4.69) is 15.5 Å². The van der Waals surface area contributed by atoms with Crippen LogP contribution in [0.2, 0.25) is 0 Å². The number of hydrogen-bond donors (Lipinski definition) is 2. The molecule has 6 heteroatoms. The number of rotatable bonds is 8. The maximum Gasteiger partial charge on any atom is 0.251 e. The van der Waals surface area contributed by atoms with Gasteiger partial charge in [0.2, 0.25) is 5.91 Å². The van der Waals surface area contributed by atoms with Crippen molar-refractivity contribution in [1.82, 2.24) is 15.5 Å². The van der Waals surface area contributed by atoms with Crippen molar-refractivity contribution in [2.45, 2.75) is 25.3 Å². The average molecular weight is 396 g/mol. The highest BCUT2D eigenvalue weighted by Crippen LogP contribution is 2.17. The second kappa shape index (κ2) is 10.6. The van der Waals surface area contributed by atoms with Gasteiger partial charge in [0, 0.05) is 31.2 Å². The Hall–Kier alpha value is -2.86. The first-order valence-electron chi connectivity index (χ1n) is 10.1. The maximum atomic E-state index is 12.3. The van der Waals surface area contributed by atoms with E-state index in [-0.39, 0.29) is 17.9 Å². The van der Waals surface area contributed by atoms with Crippen LogP contribution in [0.15, 0.2) is 54.6 Å². The van der Waals surface area contributed by atoms with Gasteiger partial charge in [0.05, 0.1) is 13.7 Å². The van der Waals surface area contributed by atoms with Gasteiger partial charge in [-0.1, -0.05) is 36.4 Å². The molecular formula is C23H29N3O3. The van der Waals surface area contributed by atoms with Crippen molar-refractivity contribution in [3.63, 3.8) is 0 Å². The van der Waals surface area contributed by atoms with Gasteiger partial charge < -0.3 is 15.4 Å². The fraction of sp³-hybridized carbons (Fsp3) is 0.391. The molecule has 0 spiro atoms. The van der Waals surface area contributed by atoms with Crippen LogP contribution in [-0.4, -0.2) is 56.0 Å². The number of nitrogens with zero attached hydrogens (tertiary/aromatic N) is 1. The predicted molar refractivity (Wildman–Crippen MR) is 113 cm³/mol. The molecule has 3 rings (SSSR count). The Balaban J connectivity index is 1.35. The molecule has 0 saturated carbocycles. The molecule has 1 heterocycles. The summed E-state index contributed by atoms with van der Waals surface area (Å²) in [4.78, 5) is 26.6. The van der Waals surface area contributed by atoms with Gasteiger partial charge in [-0.15, -0.1) is 0 Å². The van der Waals surface area contributed by atoms with Crippen molar-refractivity contribution in [2.24, 2.45) is 0 Å². The third-order valence-corrected chi connectivity index (χ3v) is 5.24. The van der Waals surface area contributed by atoms with Crippen molar-refractivity contribution in [1.29, 1.82) is 0 Å². The van der Waals surface area contributed by atoms with Crippen LogP contribution in [0.1, 0.15) is 28.8 Å². The summed E-state index contributed by atoms with van der Waals surface area (Å²) in [5.74, 6) is 0.853. The number of nitrogens with one attached hydrogen (secondary N) is 2. The molecule has 1 fully saturated rings. The third-order valence-electron chi connectivity index (χ3n) is 5.24. The molecule has 0 aromatic heterocycles. The Morgan fingerprint density at radius 1 is 1.03 bits per heavy atom. The van der Waals surface area contributed by atoms with E-state index in [0.29, 0.717) is 18.7 Å². The van der Waals surface area contributed by atoms with Gasteiger partial charge in [-0.05, 0) is 43.0 Å². The minimum absolute atomic E-state index is 0.0295. The topological polar surface area (TPSA) is 70.7 Å². The highest BCUT2D eigenvalue weighted by Gasteiger charge is 2.22. The lowest BCUT2D eigenvalue weighted by molar-refractivity contribution is -0.122. The number of carbonyl (C=O) groups is 2. The number of para-hydroxylation sites is 1. The Bertz CT molecular complexity index is 802. The van der Waals surface area contributed by atoms with E-state index in [1.54, 1.807) is 7.11 Å².